The molecule has 174 valence electrons. The molecule has 4 aromatic rings. The van der Waals surface area contributed by atoms with E-state index in [1.165, 1.54) is 49.8 Å². The third-order valence-corrected chi connectivity index (χ3v) is 6.23. The van der Waals surface area contributed by atoms with Gasteiger partial charge in [0.15, 0.2) is 0 Å². The van der Waals surface area contributed by atoms with Gasteiger partial charge in [-0.15, -0.1) is 0 Å². The van der Waals surface area contributed by atoms with Crippen molar-refractivity contribution in [1.29, 1.82) is 5.26 Å². The Morgan fingerprint density at radius 3 is 2.23 bits per heavy atom. The van der Waals surface area contributed by atoms with E-state index in [-0.39, 0.29) is 5.56 Å². The van der Waals surface area contributed by atoms with Crippen LogP contribution in [0.5, 0.6) is 0 Å². The lowest BCUT2D eigenvalue weighted by atomic mass is 9.98. The number of nitrogens with zero attached hydrogens (tertiary/aromatic N) is 1. The van der Waals surface area contributed by atoms with Crippen molar-refractivity contribution in [1.82, 2.24) is 0 Å². The Balaban J connectivity index is 1.49. The fourth-order valence-corrected chi connectivity index (χ4v) is 4.20. The number of fused-ring (bicyclic) bond motifs is 1. The van der Waals surface area contributed by atoms with Crippen molar-refractivity contribution >= 4 is 10.8 Å². The Labute approximate surface area is 206 Å². The maximum Gasteiger partial charge on any atom is 0.141 e. The van der Waals surface area contributed by atoms with E-state index >= 15 is 4.39 Å². The number of rotatable bonds is 7. The van der Waals surface area contributed by atoms with Gasteiger partial charge in [0.1, 0.15) is 17.7 Å². The molecule has 0 aliphatic carbocycles. The third kappa shape index (κ3) is 5.95. The summed E-state index contributed by atoms with van der Waals surface area (Å²) >= 11 is 0. The van der Waals surface area contributed by atoms with Gasteiger partial charge in [-0.3, -0.25) is 0 Å². The Kier molecular flexibility index (Phi) is 7.92. The molecule has 0 aliphatic heterocycles. The molecule has 0 spiro atoms. The van der Waals surface area contributed by atoms with Crippen LogP contribution in [0.2, 0.25) is 0 Å². The van der Waals surface area contributed by atoms with Crippen LogP contribution in [0.3, 0.4) is 0 Å². The standard InChI is InChI=1S/C32H27F2N/c1-2-3-4-5-6-7-23-8-10-24(11-9-23)12-13-25-14-18-29-26(20-25)17-19-30(32(29)34)27-15-16-28(22-35)31(33)21-27/h8-11,14-21H,2-7H2,1H3. The lowest BCUT2D eigenvalue weighted by Gasteiger charge is -2.08. The molecule has 0 unspecified atom stereocenters. The van der Waals surface area contributed by atoms with Crippen molar-refractivity contribution in [2.75, 3.05) is 0 Å². The molecule has 0 heterocycles. The third-order valence-electron chi connectivity index (χ3n) is 6.23. The summed E-state index contributed by atoms with van der Waals surface area (Å²) in [6.07, 6.45) is 7.49. The summed E-state index contributed by atoms with van der Waals surface area (Å²) in [5.41, 5.74) is 3.72. The minimum atomic E-state index is -0.657. The Morgan fingerprint density at radius 2 is 1.49 bits per heavy atom. The maximum absolute atomic E-state index is 15.2. The molecule has 0 bridgehead atoms. The van der Waals surface area contributed by atoms with Crippen molar-refractivity contribution < 1.29 is 8.78 Å². The predicted octanol–water partition coefficient (Wildman–Crippen LogP) is 8.57. The highest BCUT2D eigenvalue weighted by molar-refractivity contribution is 5.89. The minimum absolute atomic E-state index is 0.0600. The van der Waals surface area contributed by atoms with Gasteiger partial charge in [-0.05, 0) is 65.8 Å². The number of hydrogen-bond donors (Lipinski definition) is 0. The van der Waals surface area contributed by atoms with E-state index in [1.54, 1.807) is 30.3 Å². The topological polar surface area (TPSA) is 23.8 Å². The van der Waals surface area contributed by atoms with E-state index in [1.807, 2.05) is 12.1 Å². The summed E-state index contributed by atoms with van der Waals surface area (Å²) in [5.74, 6) is 5.29. The van der Waals surface area contributed by atoms with Crippen LogP contribution in [-0.4, -0.2) is 0 Å². The largest absolute Gasteiger partial charge is 0.206 e. The minimum Gasteiger partial charge on any atom is -0.206 e. The van der Waals surface area contributed by atoms with Crippen LogP contribution in [0.4, 0.5) is 8.78 Å². The molecule has 0 aromatic heterocycles. The van der Waals surface area contributed by atoms with E-state index in [4.69, 9.17) is 5.26 Å². The summed E-state index contributed by atoms with van der Waals surface area (Å²) in [4.78, 5) is 0. The highest BCUT2D eigenvalue weighted by Gasteiger charge is 2.12. The quantitative estimate of drug-likeness (QED) is 0.199. The van der Waals surface area contributed by atoms with E-state index < -0.39 is 11.6 Å². The number of unbranched alkanes of at least 4 members (excludes halogenated alkanes) is 4. The molecule has 0 saturated carbocycles. The normalized spacial score (nSPS) is 10.6. The van der Waals surface area contributed by atoms with Crippen molar-refractivity contribution in [3.63, 3.8) is 0 Å². The van der Waals surface area contributed by atoms with Crippen LogP contribution in [0, 0.1) is 34.8 Å². The maximum atomic E-state index is 15.2. The molecule has 35 heavy (non-hydrogen) atoms. The van der Waals surface area contributed by atoms with E-state index in [2.05, 4.69) is 43.0 Å². The van der Waals surface area contributed by atoms with E-state index in [0.717, 1.165) is 22.9 Å². The molecule has 0 N–H and O–H groups in total. The van der Waals surface area contributed by atoms with Crippen molar-refractivity contribution in [3.8, 4) is 29.0 Å². The summed E-state index contributed by atoms with van der Waals surface area (Å²) in [5, 5.41) is 10.1. The molecule has 0 saturated heterocycles. The SMILES string of the molecule is CCCCCCCc1ccc(C#Cc2ccc3c(F)c(-c4ccc(C#N)c(F)c4)ccc3c2)cc1. The number of aryl methyl sites for hydroxylation is 1. The summed E-state index contributed by atoms with van der Waals surface area (Å²) in [7, 11) is 0. The monoisotopic (exact) mass is 463 g/mol. The first-order valence-electron chi connectivity index (χ1n) is 12.1. The molecular formula is C32H27F2N. The van der Waals surface area contributed by atoms with Crippen LogP contribution >= 0.6 is 0 Å². The van der Waals surface area contributed by atoms with Crippen LogP contribution in [0.15, 0.2) is 72.8 Å². The van der Waals surface area contributed by atoms with Crippen molar-refractivity contribution in [3.05, 3.63) is 107 Å². The first kappa shape index (κ1) is 24.2. The lowest BCUT2D eigenvalue weighted by molar-refractivity contribution is 0.623. The first-order chi connectivity index (χ1) is 17.1. The fourth-order valence-electron chi connectivity index (χ4n) is 4.20. The van der Waals surface area contributed by atoms with Crippen LogP contribution < -0.4 is 0 Å². The Morgan fingerprint density at radius 1 is 0.743 bits per heavy atom. The number of benzene rings is 4. The van der Waals surface area contributed by atoms with Gasteiger partial charge in [-0.2, -0.15) is 5.26 Å². The van der Waals surface area contributed by atoms with E-state index in [9.17, 15) is 4.39 Å². The number of hydrogen-bond acceptors (Lipinski definition) is 1. The number of nitriles is 1. The number of halogens is 2. The van der Waals surface area contributed by atoms with Crippen molar-refractivity contribution in [2.45, 2.75) is 45.4 Å². The van der Waals surface area contributed by atoms with Crippen molar-refractivity contribution in [2.24, 2.45) is 0 Å². The fraction of sp³-hybridized carbons (Fsp3) is 0.219. The van der Waals surface area contributed by atoms with Gasteiger partial charge in [0.25, 0.3) is 0 Å². The molecule has 0 fully saturated rings. The first-order valence-corrected chi connectivity index (χ1v) is 12.1. The highest BCUT2D eigenvalue weighted by Crippen LogP contribution is 2.30. The molecule has 0 atom stereocenters. The summed E-state index contributed by atoms with van der Waals surface area (Å²) in [6, 6.07) is 23.1. The molecular weight excluding hydrogens is 436 g/mol. The van der Waals surface area contributed by atoms with Gasteiger partial charge < -0.3 is 0 Å². The average molecular weight is 464 g/mol. The molecule has 4 rings (SSSR count). The Bertz CT molecular complexity index is 1430. The lowest BCUT2D eigenvalue weighted by Crippen LogP contribution is -1.90. The molecule has 0 amide bonds. The van der Waals surface area contributed by atoms with Crippen LogP contribution in [0.25, 0.3) is 21.9 Å². The smallest absolute Gasteiger partial charge is 0.141 e. The zero-order chi connectivity index (χ0) is 24.6. The van der Waals surface area contributed by atoms with Gasteiger partial charge in [-0.25, -0.2) is 8.78 Å². The summed E-state index contributed by atoms with van der Waals surface area (Å²) in [6.45, 7) is 2.23. The molecule has 0 aliphatic rings. The second-order valence-electron chi connectivity index (χ2n) is 8.78. The second kappa shape index (κ2) is 11.5. The van der Waals surface area contributed by atoms with Gasteiger partial charge >= 0.3 is 0 Å². The van der Waals surface area contributed by atoms with Crippen LogP contribution in [-0.2, 0) is 6.42 Å². The Hall–Kier alpha value is -3.95. The molecule has 4 aromatic carbocycles. The summed E-state index contributed by atoms with van der Waals surface area (Å²) < 4.78 is 29.2. The molecule has 0 radical (unpaired) electrons. The second-order valence-corrected chi connectivity index (χ2v) is 8.78. The van der Waals surface area contributed by atoms with Gasteiger partial charge in [-0.1, -0.05) is 80.8 Å². The zero-order valence-corrected chi connectivity index (χ0v) is 19.9. The van der Waals surface area contributed by atoms with Gasteiger partial charge in [0, 0.05) is 22.1 Å². The zero-order valence-electron chi connectivity index (χ0n) is 19.9. The van der Waals surface area contributed by atoms with Crippen LogP contribution in [0.1, 0.15) is 61.3 Å². The van der Waals surface area contributed by atoms with E-state index in [0.29, 0.717) is 16.5 Å². The molecule has 1 nitrogen and oxygen atoms in total. The molecule has 3 heteroatoms. The van der Waals surface area contributed by atoms with Gasteiger partial charge in [0.2, 0.25) is 0 Å². The van der Waals surface area contributed by atoms with Gasteiger partial charge in [0.05, 0.1) is 5.56 Å². The highest BCUT2D eigenvalue weighted by atomic mass is 19.1. The average Bonchev–Trinajstić information content (AvgIpc) is 2.88. The predicted molar refractivity (Wildman–Crippen MR) is 139 cm³/mol.